The highest BCUT2D eigenvalue weighted by Crippen LogP contribution is 2.15. The number of rotatable bonds is 5. The van der Waals surface area contributed by atoms with E-state index in [9.17, 15) is 9.59 Å². The molecule has 2 aromatic heterocycles. The van der Waals surface area contributed by atoms with E-state index in [4.69, 9.17) is 5.11 Å². The van der Waals surface area contributed by atoms with Gasteiger partial charge in [-0.3, -0.25) is 4.79 Å². The second kappa shape index (κ2) is 6.49. The summed E-state index contributed by atoms with van der Waals surface area (Å²) < 4.78 is 0. The summed E-state index contributed by atoms with van der Waals surface area (Å²) in [5.74, 6) is -1.27. The summed E-state index contributed by atoms with van der Waals surface area (Å²) in [5, 5.41) is 10.8. The van der Waals surface area contributed by atoms with Crippen molar-refractivity contribution >= 4 is 23.2 Å². The van der Waals surface area contributed by atoms with Gasteiger partial charge in [0.2, 0.25) is 0 Å². The van der Waals surface area contributed by atoms with Gasteiger partial charge >= 0.3 is 5.97 Å². The lowest BCUT2D eigenvalue weighted by atomic mass is 10.1. The molecule has 5 nitrogen and oxygen atoms in total. The molecule has 21 heavy (non-hydrogen) atoms. The second-order valence-electron chi connectivity index (χ2n) is 4.79. The van der Waals surface area contributed by atoms with E-state index in [0.29, 0.717) is 5.56 Å². The average Bonchev–Trinajstić information content (AvgIpc) is 2.98. The summed E-state index contributed by atoms with van der Waals surface area (Å²) in [5.41, 5.74) is 0.321. The van der Waals surface area contributed by atoms with Crippen molar-refractivity contribution in [3.05, 3.63) is 52.0 Å². The van der Waals surface area contributed by atoms with Crippen molar-refractivity contribution in [1.82, 2.24) is 9.88 Å². The largest absolute Gasteiger partial charge is 0.477 e. The monoisotopic (exact) mass is 304 g/mol. The summed E-state index contributed by atoms with van der Waals surface area (Å²) in [7, 11) is 1.74. The highest BCUT2D eigenvalue weighted by molar-refractivity contribution is 7.09. The van der Waals surface area contributed by atoms with Crippen LogP contribution in [0.1, 0.15) is 32.6 Å². The maximum absolute atomic E-state index is 12.3. The van der Waals surface area contributed by atoms with E-state index in [0.717, 1.165) is 6.42 Å². The zero-order valence-electron chi connectivity index (χ0n) is 11.8. The first-order valence-corrected chi connectivity index (χ1v) is 7.36. The molecule has 1 unspecified atom stereocenters. The Morgan fingerprint density at radius 2 is 2.14 bits per heavy atom. The Balaban J connectivity index is 2.05. The maximum Gasteiger partial charge on any atom is 0.354 e. The number of aromatic nitrogens is 1. The van der Waals surface area contributed by atoms with Crippen molar-refractivity contribution < 1.29 is 14.7 Å². The van der Waals surface area contributed by atoms with Crippen LogP contribution in [0.5, 0.6) is 0 Å². The van der Waals surface area contributed by atoms with Gasteiger partial charge in [0.15, 0.2) is 0 Å². The molecule has 0 aromatic carbocycles. The summed E-state index contributed by atoms with van der Waals surface area (Å²) in [6.45, 7) is 1.98. The lowest BCUT2D eigenvalue weighted by molar-refractivity contribution is 0.0686. The molecule has 1 amide bonds. The topological polar surface area (TPSA) is 70.5 Å². The minimum atomic E-state index is -1.10. The Kier molecular flexibility index (Phi) is 4.70. The van der Waals surface area contributed by atoms with E-state index in [1.807, 2.05) is 24.4 Å². The van der Waals surface area contributed by atoms with Crippen molar-refractivity contribution in [3.63, 3.8) is 0 Å². The van der Waals surface area contributed by atoms with Crippen molar-refractivity contribution in [2.45, 2.75) is 19.4 Å². The Morgan fingerprint density at radius 1 is 1.38 bits per heavy atom. The first-order chi connectivity index (χ1) is 9.99. The number of carboxylic acid groups (broad SMARTS) is 1. The standard InChI is InChI=1S/C15H16N2O3S/c1-10(8-12-4-3-7-21-12)17(2)14(18)11-5-6-13(15(19)20)16-9-11/h3-7,9-10H,8H2,1-2H3,(H,19,20). The van der Waals surface area contributed by atoms with E-state index in [1.165, 1.54) is 23.2 Å². The van der Waals surface area contributed by atoms with Crippen LogP contribution < -0.4 is 0 Å². The predicted molar refractivity (Wildman–Crippen MR) is 80.8 cm³/mol. The van der Waals surface area contributed by atoms with Crippen LogP contribution in [-0.4, -0.2) is 40.0 Å². The van der Waals surface area contributed by atoms with Crippen molar-refractivity contribution in [2.75, 3.05) is 7.05 Å². The number of nitrogens with zero attached hydrogens (tertiary/aromatic N) is 2. The number of carboxylic acids is 1. The third kappa shape index (κ3) is 3.66. The number of likely N-dealkylation sites (N-methyl/N-ethyl adjacent to an activating group) is 1. The van der Waals surface area contributed by atoms with Gasteiger partial charge in [-0.15, -0.1) is 11.3 Å². The van der Waals surface area contributed by atoms with Gasteiger partial charge in [-0.1, -0.05) is 6.07 Å². The molecule has 110 valence electrons. The average molecular weight is 304 g/mol. The number of aromatic carboxylic acids is 1. The van der Waals surface area contributed by atoms with Crippen molar-refractivity contribution in [2.24, 2.45) is 0 Å². The number of hydrogen-bond acceptors (Lipinski definition) is 4. The van der Waals surface area contributed by atoms with Gasteiger partial charge in [-0.05, 0) is 30.5 Å². The molecule has 1 N–H and O–H groups in total. The van der Waals surface area contributed by atoms with E-state index in [-0.39, 0.29) is 17.6 Å². The number of thiophene rings is 1. The van der Waals surface area contributed by atoms with Crippen molar-refractivity contribution in [3.8, 4) is 0 Å². The van der Waals surface area contributed by atoms with Gasteiger partial charge in [0, 0.05) is 30.6 Å². The van der Waals surface area contributed by atoms with Gasteiger partial charge in [-0.2, -0.15) is 0 Å². The highest BCUT2D eigenvalue weighted by atomic mass is 32.1. The van der Waals surface area contributed by atoms with E-state index in [2.05, 4.69) is 4.98 Å². The molecule has 0 saturated carbocycles. The molecule has 0 radical (unpaired) electrons. The number of carbonyl (C=O) groups is 2. The minimum absolute atomic E-state index is 0.0512. The minimum Gasteiger partial charge on any atom is -0.477 e. The van der Waals surface area contributed by atoms with Crippen LogP contribution in [0.15, 0.2) is 35.8 Å². The van der Waals surface area contributed by atoms with Crippen LogP contribution in [-0.2, 0) is 6.42 Å². The van der Waals surface area contributed by atoms with Crippen LogP contribution in [0.3, 0.4) is 0 Å². The molecule has 0 bridgehead atoms. The van der Waals surface area contributed by atoms with Gasteiger partial charge in [0.1, 0.15) is 5.69 Å². The molecule has 0 spiro atoms. The molecule has 0 aliphatic carbocycles. The fourth-order valence-corrected chi connectivity index (χ4v) is 2.73. The van der Waals surface area contributed by atoms with Gasteiger partial charge < -0.3 is 10.0 Å². The van der Waals surface area contributed by atoms with Crippen LogP contribution in [0.4, 0.5) is 0 Å². The molecular weight excluding hydrogens is 288 g/mol. The van der Waals surface area contributed by atoms with E-state index < -0.39 is 5.97 Å². The summed E-state index contributed by atoms with van der Waals surface area (Å²) in [4.78, 5) is 29.7. The highest BCUT2D eigenvalue weighted by Gasteiger charge is 2.19. The zero-order chi connectivity index (χ0) is 15.4. The fraction of sp³-hybridized carbons (Fsp3) is 0.267. The van der Waals surface area contributed by atoms with Crippen LogP contribution in [0, 0.1) is 0 Å². The molecule has 2 rings (SSSR count). The van der Waals surface area contributed by atoms with E-state index >= 15 is 0 Å². The number of hydrogen-bond donors (Lipinski definition) is 1. The summed E-state index contributed by atoms with van der Waals surface area (Å²) >= 11 is 1.67. The zero-order valence-corrected chi connectivity index (χ0v) is 12.6. The maximum atomic E-state index is 12.3. The SMILES string of the molecule is CC(Cc1cccs1)N(C)C(=O)c1ccc(C(=O)O)nc1. The molecule has 0 aliphatic heterocycles. The van der Waals surface area contributed by atoms with Crippen LogP contribution in [0.2, 0.25) is 0 Å². The lowest BCUT2D eigenvalue weighted by Crippen LogP contribution is -2.36. The predicted octanol–water partition coefficient (Wildman–Crippen LogP) is 2.54. The molecular formula is C15H16N2O3S. The van der Waals surface area contributed by atoms with Gasteiger partial charge in [0.05, 0.1) is 5.56 Å². The van der Waals surface area contributed by atoms with Crippen LogP contribution >= 0.6 is 11.3 Å². The Hall–Kier alpha value is -2.21. The number of pyridine rings is 1. The fourth-order valence-electron chi connectivity index (χ4n) is 1.91. The normalized spacial score (nSPS) is 11.9. The summed E-state index contributed by atoms with van der Waals surface area (Å²) in [6.07, 6.45) is 2.10. The quantitative estimate of drug-likeness (QED) is 0.921. The van der Waals surface area contributed by atoms with E-state index in [1.54, 1.807) is 23.3 Å². The summed E-state index contributed by atoms with van der Waals surface area (Å²) in [6, 6.07) is 6.92. The number of amides is 1. The molecule has 0 fully saturated rings. The Bertz CT molecular complexity index is 623. The molecule has 2 aromatic rings. The Labute approximate surface area is 126 Å². The molecule has 2 heterocycles. The third-order valence-electron chi connectivity index (χ3n) is 3.29. The molecule has 0 aliphatic rings. The molecule has 0 saturated heterocycles. The second-order valence-corrected chi connectivity index (χ2v) is 5.82. The first-order valence-electron chi connectivity index (χ1n) is 6.48. The van der Waals surface area contributed by atoms with Crippen molar-refractivity contribution in [1.29, 1.82) is 0 Å². The third-order valence-corrected chi connectivity index (χ3v) is 4.19. The lowest BCUT2D eigenvalue weighted by Gasteiger charge is -2.24. The van der Waals surface area contributed by atoms with Crippen LogP contribution in [0.25, 0.3) is 0 Å². The number of carbonyl (C=O) groups excluding carboxylic acids is 1. The Morgan fingerprint density at radius 3 is 2.67 bits per heavy atom. The smallest absolute Gasteiger partial charge is 0.354 e. The molecule has 6 heteroatoms. The first kappa shape index (κ1) is 15.2. The molecule has 1 atom stereocenters. The van der Waals surface area contributed by atoms with Gasteiger partial charge in [0.25, 0.3) is 5.91 Å². The van der Waals surface area contributed by atoms with Gasteiger partial charge in [-0.25, -0.2) is 9.78 Å².